The summed E-state index contributed by atoms with van der Waals surface area (Å²) < 4.78 is 0. The summed E-state index contributed by atoms with van der Waals surface area (Å²) in [7, 11) is 0. The number of aliphatic carboxylic acids is 1. The quantitative estimate of drug-likeness (QED) is 0.747. The SMILES string of the molecule is CC(C)C(CCN)CCC(=O)N1CCCC[C@H]1C(=O)O. The van der Waals surface area contributed by atoms with Gasteiger partial charge in [-0.15, -0.1) is 0 Å². The number of piperidine rings is 1. The van der Waals surface area contributed by atoms with Crippen molar-refractivity contribution < 1.29 is 14.7 Å². The van der Waals surface area contributed by atoms with E-state index in [2.05, 4.69) is 13.8 Å². The summed E-state index contributed by atoms with van der Waals surface area (Å²) >= 11 is 0. The van der Waals surface area contributed by atoms with E-state index in [1.165, 1.54) is 0 Å². The largest absolute Gasteiger partial charge is 0.480 e. The van der Waals surface area contributed by atoms with E-state index in [0.29, 0.717) is 37.8 Å². The van der Waals surface area contributed by atoms with Gasteiger partial charge in [-0.1, -0.05) is 13.8 Å². The standard InChI is InChI=1S/C15H28N2O3/c1-11(2)12(8-9-16)6-7-14(18)17-10-4-3-5-13(17)15(19)20/h11-13H,3-10,16H2,1-2H3,(H,19,20)/t12?,13-/m0/s1. The molecular formula is C15H28N2O3. The van der Waals surface area contributed by atoms with E-state index in [9.17, 15) is 14.7 Å². The van der Waals surface area contributed by atoms with E-state index in [-0.39, 0.29) is 5.91 Å². The zero-order valence-electron chi connectivity index (χ0n) is 12.7. The number of nitrogens with zero attached hydrogens (tertiary/aromatic N) is 1. The number of rotatable bonds is 7. The molecule has 116 valence electrons. The van der Waals surface area contributed by atoms with Gasteiger partial charge in [-0.25, -0.2) is 4.79 Å². The third-order valence-electron chi connectivity index (χ3n) is 4.32. The maximum absolute atomic E-state index is 12.3. The number of carbonyl (C=O) groups is 2. The van der Waals surface area contributed by atoms with Gasteiger partial charge in [0.15, 0.2) is 0 Å². The van der Waals surface area contributed by atoms with E-state index in [4.69, 9.17) is 5.73 Å². The van der Waals surface area contributed by atoms with Gasteiger partial charge in [0.2, 0.25) is 5.91 Å². The van der Waals surface area contributed by atoms with Crippen molar-refractivity contribution >= 4 is 11.9 Å². The van der Waals surface area contributed by atoms with Gasteiger partial charge >= 0.3 is 5.97 Å². The fourth-order valence-corrected chi connectivity index (χ4v) is 2.96. The number of nitrogens with two attached hydrogens (primary N) is 1. The van der Waals surface area contributed by atoms with Gasteiger partial charge in [-0.2, -0.15) is 0 Å². The van der Waals surface area contributed by atoms with Gasteiger partial charge in [-0.3, -0.25) is 4.79 Å². The highest BCUT2D eigenvalue weighted by Crippen LogP contribution is 2.23. The van der Waals surface area contributed by atoms with Crippen molar-refractivity contribution in [2.45, 2.75) is 58.4 Å². The monoisotopic (exact) mass is 284 g/mol. The predicted molar refractivity (Wildman–Crippen MR) is 78.2 cm³/mol. The lowest BCUT2D eigenvalue weighted by atomic mass is 9.88. The number of carbonyl (C=O) groups excluding carboxylic acids is 1. The minimum Gasteiger partial charge on any atom is -0.480 e. The first-order valence-corrected chi connectivity index (χ1v) is 7.69. The van der Waals surface area contributed by atoms with Crippen molar-refractivity contribution in [2.75, 3.05) is 13.1 Å². The molecule has 0 radical (unpaired) electrons. The molecule has 0 aromatic carbocycles. The lowest BCUT2D eigenvalue weighted by Crippen LogP contribution is -2.48. The topological polar surface area (TPSA) is 83.6 Å². The van der Waals surface area contributed by atoms with Crippen LogP contribution in [0.1, 0.15) is 52.4 Å². The minimum absolute atomic E-state index is 0.0141. The fraction of sp³-hybridized carbons (Fsp3) is 0.867. The molecule has 1 aliphatic heterocycles. The number of carboxylic acid groups (broad SMARTS) is 1. The van der Waals surface area contributed by atoms with Crippen LogP contribution in [0.4, 0.5) is 0 Å². The van der Waals surface area contributed by atoms with Crippen LogP contribution in [0.15, 0.2) is 0 Å². The van der Waals surface area contributed by atoms with E-state index >= 15 is 0 Å². The molecule has 1 heterocycles. The van der Waals surface area contributed by atoms with Crippen LogP contribution < -0.4 is 5.73 Å². The fourth-order valence-electron chi connectivity index (χ4n) is 2.96. The number of amides is 1. The second kappa shape index (κ2) is 8.25. The van der Waals surface area contributed by atoms with Gasteiger partial charge in [-0.05, 0) is 50.5 Å². The highest BCUT2D eigenvalue weighted by molar-refractivity contribution is 5.83. The molecule has 0 bridgehead atoms. The summed E-state index contributed by atoms with van der Waals surface area (Å²) in [6.07, 6.45) is 4.54. The first-order valence-electron chi connectivity index (χ1n) is 7.69. The zero-order valence-corrected chi connectivity index (χ0v) is 12.7. The molecule has 20 heavy (non-hydrogen) atoms. The Morgan fingerprint density at radius 1 is 1.30 bits per heavy atom. The molecule has 1 saturated heterocycles. The van der Waals surface area contributed by atoms with Gasteiger partial charge in [0.05, 0.1) is 0 Å². The van der Waals surface area contributed by atoms with Gasteiger partial charge in [0.25, 0.3) is 0 Å². The Morgan fingerprint density at radius 2 is 2.00 bits per heavy atom. The summed E-state index contributed by atoms with van der Waals surface area (Å²) in [5.74, 6) is 0.0557. The van der Waals surface area contributed by atoms with Crippen molar-refractivity contribution in [3.8, 4) is 0 Å². The molecule has 1 aliphatic rings. The summed E-state index contributed by atoms with van der Waals surface area (Å²) in [6, 6.07) is -0.622. The minimum atomic E-state index is -0.875. The summed E-state index contributed by atoms with van der Waals surface area (Å²) in [4.78, 5) is 25.0. The summed E-state index contributed by atoms with van der Waals surface area (Å²) in [6.45, 7) is 5.51. The Kier molecular flexibility index (Phi) is 6.99. The Bertz CT molecular complexity index is 331. The molecule has 5 nitrogen and oxygen atoms in total. The number of likely N-dealkylation sites (tertiary alicyclic amines) is 1. The predicted octanol–water partition coefficient (Wildman–Crippen LogP) is 1.85. The first-order chi connectivity index (χ1) is 9.47. The van der Waals surface area contributed by atoms with E-state index in [1.807, 2.05) is 0 Å². The second-order valence-electron chi connectivity index (χ2n) is 6.06. The lowest BCUT2D eigenvalue weighted by Gasteiger charge is -2.33. The van der Waals surface area contributed by atoms with Crippen LogP contribution in [0.3, 0.4) is 0 Å². The number of carboxylic acids is 1. The van der Waals surface area contributed by atoms with Crippen molar-refractivity contribution in [3.05, 3.63) is 0 Å². The highest BCUT2D eigenvalue weighted by atomic mass is 16.4. The van der Waals surface area contributed by atoms with Crippen LogP contribution in [0, 0.1) is 11.8 Å². The van der Waals surface area contributed by atoms with Crippen molar-refractivity contribution in [3.63, 3.8) is 0 Å². The van der Waals surface area contributed by atoms with E-state index in [1.54, 1.807) is 4.90 Å². The number of hydrogen-bond donors (Lipinski definition) is 2. The van der Waals surface area contributed by atoms with Gasteiger partial charge < -0.3 is 15.7 Å². The van der Waals surface area contributed by atoms with E-state index < -0.39 is 12.0 Å². The Balaban J connectivity index is 2.53. The van der Waals surface area contributed by atoms with Gasteiger partial charge in [0.1, 0.15) is 6.04 Å². The molecule has 3 N–H and O–H groups in total. The van der Waals surface area contributed by atoms with E-state index in [0.717, 1.165) is 25.7 Å². The Hall–Kier alpha value is -1.10. The van der Waals surface area contributed by atoms with Crippen LogP contribution in [0.25, 0.3) is 0 Å². The molecule has 1 amide bonds. The summed E-state index contributed by atoms with van der Waals surface area (Å²) in [5, 5.41) is 9.20. The normalized spacial score (nSPS) is 21.0. The molecule has 0 aromatic rings. The molecule has 1 fully saturated rings. The average Bonchev–Trinajstić information content (AvgIpc) is 2.42. The Morgan fingerprint density at radius 3 is 2.55 bits per heavy atom. The second-order valence-corrected chi connectivity index (χ2v) is 6.06. The van der Waals surface area contributed by atoms with Gasteiger partial charge in [0, 0.05) is 13.0 Å². The molecule has 1 rings (SSSR count). The van der Waals surface area contributed by atoms with Crippen molar-refractivity contribution in [1.29, 1.82) is 0 Å². The molecule has 0 saturated carbocycles. The maximum Gasteiger partial charge on any atom is 0.326 e. The smallest absolute Gasteiger partial charge is 0.326 e. The molecule has 5 heteroatoms. The maximum atomic E-state index is 12.3. The van der Waals surface area contributed by atoms with Crippen LogP contribution in [0.2, 0.25) is 0 Å². The molecule has 0 spiro atoms. The Labute approximate surface area is 121 Å². The van der Waals surface area contributed by atoms with Crippen LogP contribution in [-0.2, 0) is 9.59 Å². The molecule has 1 unspecified atom stereocenters. The summed E-state index contributed by atoms with van der Waals surface area (Å²) in [5.41, 5.74) is 5.61. The third kappa shape index (κ3) is 4.78. The molecule has 0 aromatic heterocycles. The van der Waals surface area contributed by atoms with Crippen LogP contribution >= 0.6 is 0 Å². The molecule has 0 aliphatic carbocycles. The molecular weight excluding hydrogens is 256 g/mol. The lowest BCUT2D eigenvalue weighted by molar-refractivity contribution is -0.152. The van der Waals surface area contributed by atoms with Crippen molar-refractivity contribution in [1.82, 2.24) is 4.90 Å². The van der Waals surface area contributed by atoms with Crippen LogP contribution in [0.5, 0.6) is 0 Å². The average molecular weight is 284 g/mol. The molecule has 2 atom stereocenters. The third-order valence-corrected chi connectivity index (χ3v) is 4.32. The first kappa shape index (κ1) is 17.0. The highest BCUT2D eigenvalue weighted by Gasteiger charge is 2.31. The van der Waals surface area contributed by atoms with Crippen LogP contribution in [-0.4, -0.2) is 41.0 Å². The zero-order chi connectivity index (χ0) is 15.1. The van der Waals surface area contributed by atoms with Crippen molar-refractivity contribution in [2.24, 2.45) is 17.6 Å². The number of hydrogen-bond acceptors (Lipinski definition) is 3.